The number of carbonyl (C=O) groups excluding carboxylic acids is 1. The first-order valence-electron chi connectivity index (χ1n) is 9.94. The van der Waals surface area contributed by atoms with Crippen molar-refractivity contribution < 1.29 is 18.7 Å². The second-order valence-corrected chi connectivity index (χ2v) is 8.52. The Bertz CT molecular complexity index is 928. The minimum absolute atomic E-state index is 0.0288. The van der Waals surface area contributed by atoms with Gasteiger partial charge in [0.1, 0.15) is 17.2 Å². The first kappa shape index (κ1) is 17.7. The van der Waals surface area contributed by atoms with Gasteiger partial charge >= 0.3 is 0 Å². The van der Waals surface area contributed by atoms with Gasteiger partial charge in [0.15, 0.2) is 0 Å². The van der Waals surface area contributed by atoms with Crippen LogP contribution in [0.3, 0.4) is 0 Å². The van der Waals surface area contributed by atoms with Crippen molar-refractivity contribution in [3.63, 3.8) is 0 Å². The molecule has 3 aliphatic rings. The Morgan fingerprint density at radius 3 is 2.71 bits per heavy atom. The van der Waals surface area contributed by atoms with Crippen LogP contribution in [0.1, 0.15) is 48.7 Å². The molecule has 146 valence electrons. The Morgan fingerprint density at radius 2 is 1.89 bits per heavy atom. The SMILES string of the molecule is CC1(C)Oc2ccccc2[C@@H]2O[C@@H]3CCN(C(=O)c4ccccc4F)[C@@H]3C[C@H]21. The third-order valence-electron chi connectivity index (χ3n) is 6.52. The maximum absolute atomic E-state index is 14.2. The van der Waals surface area contributed by atoms with E-state index in [0.717, 1.165) is 24.2 Å². The van der Waals surface area contributed by atoms with E-state index in [1.165, 1.54) is 6.07 Å². The fourth-order valence-electron chi connectivity index (χ4n) is 5.08. The normalized spacial score (nSPS) is 30.0. The van der Waals surface area contributed by atoms with Gasteiger partial charge in [0, 0.05) is 18.0 Å². The van der Waals surface area contributed by atoms with Crippen LogP contribution >= 0.6 is 0 Å². The van der Waals surface area contributed by atoms with Gasteiger partial charge in [-0.3, -0.25) is 4.79 Å². The van der Waals surface area contributed by atoms with Crippen molar-refractivity contribution in [3.05, 3.63) is 65.5 Å². The Morgan fingerprint density at radius 1 is 1.14 bits per heavy atom. The predicted octanol–water partition coefficient (Wildman–Crippen LogP) is 4.36. The molecule has 2 aromatic rings. The van der Waals surface area contributed by atoms with E-state index in [1.807, 2.05) is 18.2 Å². The van der Waals surface area contributed by atoms with Gasteiger partial charge in [0.05, 0.1) is 23.8 Å². The van der Waals surface area contributed by atoms with Gasteiger partial charge in [0.2, 0.25) is 0 Å². The zero-order chi connectivity index (χ0) is 19.5. The maximum atomic E-state index is 14.2. The summed E-state index contributed by atoms with van der Waals surface area (Å²) in [4.78, 5) is 14.8. The molecular formula is C23H24FNO3. The number of likely N-dealkylation sites (tertiary alicyclic amines) is 1. The second kappa shape index (κ2) is 6.31. The molecule has 2 fully saturated rings. The van der Waals surface area contributed by atoms with Crippen LogP contribution in [-0.2, 0) is 4.74 Å². The van der Waals surface area contributed by atoms with Crippen molar-refractivity contribution >= 4 is 5.91 Å². The van der Waals surface area contributed by atoms with E-state index < -0.39 is 11.4 Å². The number of hydrogen-bond donors (Lipinski definition) is 0. The lowest BCUT2D eigenvalue weighted by molar-refractivity contribution is -0.159. The monoisotopic (exact) mass is 381 g/mol. The maximum Gasteiger partial charge on any atom is 0.257 e. The van der Waals surface area contributed by atoms with E-state index in [9.17, 15) is 9.18 Å². The van der Waals surface area contributed by atoms with Gasteiger partial charge in [-0.1, -0.05) is 30.3 Å². The van der Waals surface area contributed by atoms with E-state index in [0.29, 0.717) is 6.54 Å². The second-order valence-electron chi connectivity index (χ2n) is 8.52. The predicted molar refractivity (Wildman–Crippen MR) is 103 cm³/mol. The number of nitrogens with zero attached hydrogens (tertiary/aromatic N) is 1. The third kappa shape index (κ3) is 2.64. The number of carbonyl (C=O) groups is 1. The highest BCUT2D eigenvalue weighted by Crippen LogP contribution is 2.52. The molecule has 3 aliphatic heterocycles. The van der Waals surface area contributed by atoms with E-state index in [4.69, 9.17) is 9.47 Å². The van der Waals surface area contributed by atoms with E-state index in [2.05, 4.69) is 19.9 Å². The molecule has 5 rings (SSSR count). The Hall–Kier alpha value is -2.40. The largest absolute Gasteiger partial charge is 0.487 e. The smallest absolute Gasteiger partial charge is 0.257 e. The number of hydrogen-bond acceptors (Lipinski definition) is 3. The van der Waals surface area contributed by atoms with Crippen molar-refractivity contribution in [1.82, 2.24) is 4.90 Å². The molecule has 0 aromatic heterocycles. The highest BCUT2D eigenvalue weighted by molar-refractivity contribution is 5.95. The Balaban J connectivity index is 1.46. The quantitative estimate of drug-likeness (QED) is 0.737. The summed E-state index contributed by atoms with van der Waals surface area (Å²) in [6.45, 7) is 4.76. The van der Waals surface area contributed by atoms with E-state index in [1.54, 1.807) is 23.1 Å². The Labute approximate surface area is 164 Å². The van der Waals surface area contributed by atoms with Crippen molar-refractivity contribution in [2.45, 2.75) is 50.5 Å². The first-order chi connectivity index (χ1) is 13.5. The number of amides is 1. The highest BCUT2D eigenvalue weighted by Gasteiger charge is 2.53. The summed E-state index contributed by atoms with van der Waals surface area (Å²) in [6.07, 6.45) is 1.50. The molecule has 0 bridgehead atoms. The fraction of sp³-hybridized carbons (Fsp3) is 0.435. The molecule has 4 nitrogen and oxygen atoms in total. The lowest BCUT2D eigenvalue weighted by atomic mass is 9.74. The Kier molecular flexibility index (Phi) is 3.98. The minimum atomic E-state index is -0.471. The van der Waals surface area contributed by atoms with Crippen LogP contribution in [0.4, 0.5) is 4.39 Å². The molecule has 2 aromatic carbocycles. The molecule has 0 saturated carbocycles. The lowest BCUT2D eigenvalue weighted by Gasteiger charge is -2.50. The standard InChI is InChI=1S/C23H24FNO3/c1-23(2)16-13-18-20(27-21(16)15-8-4-6-10-19(15)28-23)11-12-25(18)22(26)14-7-3-5-9-17(14)24/h3-10,16,18,20-21H,11-13H2,1-2H3/t16-,18-,20-,21+/m1/s1. The van der Waals surface area contributed by atoms with Crippen molar-refractivity contribution in [2.75, 3.05) is 6.54 Å². The van der Waals surface area contributed by atoms with Crippen LogP contribution in [0.15, 0.2) is 48.5 Å². The summed E-state index contributed by atoms with van der Waals surface area (Å²) in [7, 11) is 0. The summed E-state index contributed by atoms with van der Waals surface area (Å²) in [5.74, 6) is 0.283. The van der Waals surface area contributed by atoms with Crippen LogP contribution in [0.25, 0.3) is 0 Å². The number of benzene rings is 2. The highest BCUT2D eigenvalue weighted by atomic mass is 19.1. The summed E-state index contributed by atoms with van der Waals surface area (Å²) in [6, 6.07) is 14.2. The molecule has 2 saturated heterocycles. The average Bonchev–Trinajstić information content (AvgIpc) is 3.09. The van der Waals surface area contributed by atoms with Crippen molar-refractivity contribution in [1.29, 1.82) is 0 Å². The minimum Gasteiger partial charge on any atom is -0.487 e. The topological polar surface area (TPSA) is 38.8 Å². The summed E-state index contributed by atoms with van der Waals surface area (Å²) < 4.78 is 27.0. The first-order valence-corrected chi connectivity index (χ1v) is 9.94. The van der Waals surface area contributed by atoms with Gasteiger partial charge < -0.3 is 14.4 Å². The zero-order valence-corrected chi connectivity index (χ0v) is 16.1. The molecule has 0 aliphatic carbocycles. The number of ether oxygens (including phenoxy) is 2. The fourth-order valence-corrected chi connectivity index (χ4v) is 5.08. The van der Waals surface area contributed by atoms with Gasteiger partial charge in [-0.05, 0) is 44.9 Å². The lowest BCUT2D eigenvalue weighted by Crippen LogP contribution is -2.54. The number of para-hydroxylation sites is 1. The van der Waals surface area contributed by atoms with Gasteiger partial charge in [-0.15, -0.1) is 0 Å². The molecule has 4 atom stereocenters. The van der Waals surface area contributed by atoms with Gasteiger partial charge in [0.25, 0.3) is 5.91 Å². The van der Waals surface area contributed by atoms with Crippen molar-refractivity contribution in [2.24, 2.45) is 5.92 Å². The third-order valence-corrected chi connectivity index (χ3v) is 6.52. The average molecular weight is 381 g/mol. The van der Waals surface area contributed by atoms with Crippen LogP contribution in [0.2, 0.25) is 0 Å². The zero-order valence-electron chi connectivity index (χ0n) is 16.1. The van der Waals surface area contributed by atoms with E-state index in [-0.39, 0.29) is 35.6 Å². The molecule has 0 unspecified atom stereocenters. The summed E-state index contributed by atoms with van der Waals surface area (Å²) >= 11 is 0. The van der Waals surface area contributed by atoms with Crippen LogP contribution in [0, 0.1) is 11.7 Å². The van der Waals surface area contributed by atoms with Crippen LogP contribution < -0.4 is 4.74 Å². The van der Waals surface area contributed by atoms with Crippen LogP contribution in [0.5, 0.6) is 5.75 Å². The van der Waals surface area contributed by atoms with Gasteiger partial charge in [-0.25, -0.2) is 4.39 Å². The van der Waals surface area contributed by atoms with Gasteiger partial charge in [-0.2, -0.15) is 0 Å². The molecule has 1 amide bonds. The molecule has 0 spiro atoms. The molecular weight excluding hydrogens is 357 g/mol. The summed E-state index contributed by atoms with van der Waals surface area (Å²) in [5, 5.41) is 0. The summed E-state index contributed by atoms with van der Waals surface area (Å²) in [5.41, 5.74) is 0.818. The number of halogens is 1. The number of rotatable bonds is 1. The van der Waals surface area contributed by atoms with Crippen molar-refractivity contribution in [3.8, 4) is 5.75 Å². The molecule has 5 heteroatoms. The molecule has 3 heterocycles. The molecule has 0 N–H and O–H groups in total. The molecule has 0 radical (unpaired) electrons. The van der Waals surface area contributed by atoms with Crippen LogP contribution in [-0.4, -0.2) is 35.1 Å². The van der Waals surface area contributed by atoms with E-state index >= 15 is 0 Å². The molecule has 28 heavy (non-hydrogen) atoms. The number of fused-ring (bicyclic) bond motifs is 4.